The minimum Gasteiger partial charge on any atom is -0.491 e. The summed E-state index contributed by atoms with van der Waals surface area (Å²) in [6.45, 7) is 3.98. The van der Waals surface area contributed by atoms with Gasteiger partial charge in [0.1, 0.15) is 16.7 Å². The van der Waals surface area contributed by atoms with Crippen LogP contribution in [0.15, 0.2) is 36.4 Å². The van der Waals surface area contributed by atoms with Crippen LogP contribution >= 0.6 is 11.6 Å². The Kier molecular flexibility index (Phi) is 4.12. The molecule has 0 bridgehead atoms. The van der Waals surface area contributed by atoms with E-state index in [1.165, 1.54) is 0 Å². The molecule has 0 atom stereocenters. The molecule has 0 saturated carbocycles. The van der Waals surface area contributed by atoms with Gasteiger partial charge in [-0.15, -0.1) is 0 Å². The number of halogens is 1. The molecule has 0 amide bonds. The van der Waals surface area contributed by atoms with Gasteiger partial charge in [-0.05, 0) is 44.2 Å². The summed E-state index contributed by atoms with van der Waals surface area (Å²) in [5.74, 6) is 1.45. The van der Waals surface area contributed by atoms with E-state index >= 15 is 0 Å². The molecule has 0 spiro atoms. The quantitative estimate of drug-likeness (QED) is 0.834. The maximum absolute atomic E-state index is 5.85. The zero-order chi connectivity index (χ0) is 13.8. The number of benzene rings is 1. The number of ether oxygens (including phenoxy) is 1. The molecule has 4 nitrogen and oxygen atoms in total. The van der Waals surface area contributed by atoms with E-state index in [-0.39, 0.29) is 6.10 Å². The van der Waals surface area contributed by atoms with Crippen LogP contribution in [0, 0.1) is 0 Å². The number of pyridine rings is 1. The van der Waals surface area contributed by atoms with E-state index in [0.29, 0.717) is 16.7 Å². The van der Waals surface area contributed by atoms with E-state index in [2.05, 4.69) is 10.3 Å². The molecule has 0 unspecified atom stereocenters. The van der Waals surface area contributed by atoms with Crippen molar-refractivity contribution in [2.75, 3.05) is 11.1 Å². The fraction of sp³-hybridized carbons (Fsp3) is 0.214. The van der Waals surface area contributed by atoms with E-state index in [0.717, 1.165) is 11.4 Å². The second-order valence-corrected chi connectivity index (χ2v) is 4.81. The summed E-state index contributed by atoms with van der Waals surface area (Å²) in [6, 6.07) is 11.0. The summed E-state index contributed by atoms with van der Waals surface area (Å²) < 4.78 is 5.57. The number of nitrogens with zero attached hydrogens (tertiary/aromatic N) is 1. The highest BCUT2D eigenvalue weighted by atomic mass is 35.5. The average Bonchev–Trinajstić information content (AvgIpc) is 2.29. The fourth-order valence-electron chi connectivity index (χ4n) is 1.62. The summed E-state index contributed by atoms with van der Waals surface area (Å²) in [5, 5.41) is 3.50. The van der Waals surface area contributed by atoms with Gasteiger partial charge in [0.05, 0.1) is 6.10 Å². The molecule has 0 saturated heterocycles. The van der Waals surface area contributed by atoms with Crippen LogP contribution in [0.1, 0.15) is 13.8 Å². The Labute approximate surface area is 117 Å². The second kappa shape index (κ2) is 5.80. The predicted octanol–water partition coefficient (Wildman–Crippen LogP) is 3.85. The van der Waals surface area contributed by atoms with Gasteiger partial charge in [0, 0.05) is 17.4 Å². The van der Waals surface area contributed by atoms with E-state index in [9.17, 15) is 0 Å². The first kappa shape index (κ1) is 13.5. The molecular weight excluding hydrogens is 262 g/mol. The van der Waals surface area contributed by atoms with Crippen molar-refractivity contribution >= 4 is 28.8 Å². The van der Waals surface area contributed by atoms with Gasteiger partial charge in [0.15, 0.2) is 0 Å². The minimum absolute atomic E-state index is 0.160. The Morgan fingerprint density at radius 3 is 2.47 bits per heavy atom. The molecule has 0 fully saturated rings. The lowest BCUT2D eigenvalue weighted by Gasteiger charge is -2.11. The summed E-state index contributed by atoms with van der Waals surface area (Å²) >= 11 is 5.85. The lowest BCUT2D eigenvalue weighted by atomic mass is 10.3. The summed E-state index contributed by atoms with van der Waals surface area (Å²) in [4.78, 5) is 4.14. The monoisotopic (exact) mass is 277 g/mol. The molecule has 0 radical (unpaired) electrons. The minimum atomic E-state index is 0.160. The third-order valence-electron chi connectivity index (χ3n) is 2.31. The van der Waals surface area contributed by atoms with E-state index in [1.807, 2.05) is 38.1 Å². The lowest BCUT2D eigenvalue weighted by molar-refractivity contribution is 0.242. The summed E-state index contributed by atoms with van der Waals surface area (Å²) in [7, 11) is 0. The summed E-state index contributed by atoms with van der Waals surface area (Å²) in [6.07, 6.45) is 0.160. The molecule has 0 aliphatic carbocycles. The normalized spacial score (nSPS) is 10.5. The zero-order valence-electron chi connectivity index (χ0n) is 10.9. The molecule has 0 aliphatic rings. The Morgan fingerprint density at radius 1 is 1.21 bits per heavy atom. The van der Waals surface area contributed by atoms with Gasteiger partial charge in [-0.25, -0.2) is 4.98 Å². The van der Waals surface area contributed by atoms with Gasteiger partial charge in [-0.2, -0.15) is 0 Å². The number of hydrogen-bond acceptors (Lipinski definition) is 4. The van der Waals surface area contributed by atoms with E-state index < -0.39 is 0 Å². The Hall–Kier alpha value is -1.94. The van der Waals surface area contributed by atoms with Crippen molar-refractivity contribution in [1.29, 1.82) is 0 Å². The van der Waals surface area contributed by atoms with E-state index in [4.69, 9.17) is 22.1 Å². The Balaban J connectivity index is 2.10. The molecule has 100 valence electrons. The van der Waals surface area contributed by atoms with Crippen LogP contribution in [0.2, 0.25) is 5.15 Å². The fourth-order valence-corrected chi connectivity index (χ4v) is 1.83. The first-order chi connectivity index (χ1) is 9.02. The molecule has 1 aromatic heterocycles. The molecule has 1 aromatic carbocycles. The first-order valence-corrected chi connectivity index (χ1v) is 6.37. The number of rotatable bonds is 4. The maximum Gasteiger partial charge on any atom is 0.134 e. The van der Waals surface area contributed by atoms with Crippen LogP contribution in [0.5, 0.6) is 5.75 Å². The first-order valence-electron chi connectivity index (χ1n) is 6.00. The van der Waals surface area contributed by atoms with Crippen LogP contribution in [-0.4, -0.2) is 11.1 Å². The second-order valence-electron chi connectivity index (χ2n) is 4.42. The number of anilines is 3. The number of hydrogen-bond donors (Lipinski definition) is 2. The van der Waals surface area contributed by atoms with Crippen LogP contribution in [0.25, 0.3) is 0 Å². The molecule has 0 aliphatic heterocycles. The topological polar surface area (TPSA) is 60.2 Å². The number of aromatic nitrogens is 1. The molecule has 3 N–H and O–H groups in total. The largest absolute Gasteiger partial charge is 0.491 e. The van der Waals surface area contributed by atoms with Crippen molar-refractivity contribution in [3.8, 4) is 5.75 Å². The van der Waals surface area contributed by atoms with Crippen molar-refractivity contribution < 1.29 is 4.74 Å². The van der Waals surface area contributed by atoms with Crippen LogP contribution < -0.4 is 15.8 Å². The van der Waals surface area contributed by atoms with E-state index in [1.54, 1.807) is 12.1 Å². The van der Waals surface area contributed by atoms with Gasteiger partial charge in [0.2, 0.25) is 0 Å². The van der Waals surface area contributed by atoms with Crippen molar-refractivity contribution in [1.82, 2.24) is 4.98 Å². The molecule has 19 heavy (non-hydrogen) atoms. The highest BCUT2D eigenvalue weighted by Crippen LogP contribution is 2.22. The molecule has 2 rings (SSSR count). The third-order valence-corrected chi connectivity index (χ3v) is 2.51. The standard InChI is InChI=1S/C14H16ClN3O/c1-9(2)19-12-5-3-11(4-6-12)17-14-8-10(16)7-13(15)18-14/h3-9H,1-2H3,(H3,16,17,18). The smallest absolute Gasteiger partial charge is 0.134 e. The highest BCUT2D eigenvalue weighted by Gasteiger charge is 2.01. The van der Waals surface area contributed by atoms with Crippen LogP contribution in [0.3, 0.4) is 0 Å². The van der Waals surface area contributed by atoms with Gasteiger partial charge >= 0.3 is 0 Å². The molecule has 5 heteroatoms. The van der Waals surface area contributed by atoms with Gasteiger partial charge in [0.25, 0.3) is 0 Å². The third kappa shape index (κ3) is 4.03. The number of nitrogens with one attached hydrogen (secondary N) is 1. The van der Waals surface area contributed by atoms with Gasteiger partial charge in [-0.1, -0.05) is 11.6 Å². The van der Waals surface area contributed by atoms with Crippen molar-refractivity contribution in [2.24, 2.45) is 0 Å². The van der Waals surface area contributed by atoms with Crippen LogP contribution in [-0.2, 0) is 0 Å². The SMILES string of the molecule is CC(C)Oc1ccc(Nc2cc(N)cc(Cl)n2)cc1. The van der Waals surface area contributed by atoms with Crippen molar-refractivity contribution in [3.05, 3.63) is 41.6 Å². The van der Waals surface area contributed by atoms with Gasteiger partial charge < -0.3 is 15.8 Å². The highest BCUT2D eigenvalue weighted by molar-refractivity contribution is 6.29. The zero-order valence-corrected chi connectivity index (χ0v) is 11.6. The lowest BCUT2D eigenvalue weighted by Crippen LogP contribution is -2.05. The average molecular weight is 278 g/mol. The molecule has 2 aromatic rings. The van der Waals surface area contributed by atoms with Crippen molar-refractivity contribution in [2.45, 2.75) is 20.0 Å². The number of nitrogens with two attached hydrogens (primary N) is 1. The Morgan fingerprint density at radius 2 is 1.89 bits per heavy atom. The number of nitrogen functional groups attached to an aromatic ring is 1. The maximum atomic E-state index is 5.85. The Bertz CT molecular complexity index is 535. The molecule has 1 heterocycles. The van der Waals surface area contributed by atoms with Gasteiger partial charge in [-0.3, -0.25) is 0 Å². The van der Waals surface area contributed by atoms with Crippen LogP contribution in [0.4, 0.5) is 17.2 Å². The predicted molar refractivity (Wildman–Crippen MR) is 79.1 cm³/mol. The summed E-state index contributed by atoms with van der Waals surface area (Å²) in [5.41, 5.74) is 7.17. The van der Waals surface area contributed by atoms with Crippen molar-refractivity contribution in [3.63, 3.8) is 0 Å². The molecular formula is C14H16ClN3O.